The fourth-order valence-corrected chi connectivity index (χ4v) is 1.79. The molecular formula is C10H11NS. The summed E-state index contributed by atoms with van der Waals surface area (Å²) in [6, 6.07) is 10.5. The van der Waals surface area contributed by atoms with Crippen molar-refractivity contribution in [1.29, 1.82) is 5.26 Å². The Hall–Kier alpha value is -0.940. The molecule has 0 atom stereocenters. The molecule has 12 heavy (non-hydrogen) atoms. The molecule has 1 aromatic rings. The Morgan fingerprint density at radius 1 is 1.50 bits per heavy atom. The lowest BCUT2D eigenvalue weighted by molar-refractivity contribution is 1.23. The maximum Gasteiger partial charge on any atom is 0.0630 e. The number of nitriles is 1. The molecule has 1 aromatic carbocycles. The lowest BCUT2D eigenvalue weighted by Crippen LogP contribution is -1.78. The molecule has 0 saturated heterocycles. The molecular weight excluding hydrogens is 166 g/mol. The van der Waals surface area contributed by atoms with Gasteiger partial charge in [0.2, 0.25) is 0 Å². The van der Waals surface area contributed by atoms with E-state index in [2.05, 4.69) is 31.2 Å². The van der Waals surface area contributed by atoms with Crippen molar-refractivity contribution in [3.8, 4) is 6.07 Å². The van der Waals surface area contributed by atoms with Crippen molar-refractivity contribution in [3.63, 3.8) is 0 Å². The number of aryl methyl sites for hydroxylation is 1. The van der Waals surface area contributed by atoms with E-state index in [9.17, 15) is 0 Å². The van der Waals surface area contributed by atoms with Crippen LogP contribution in [-0.2, 0) is 0 Å². The molecule has 0 aliphatic carbocycles. The molecule has 0 saturated carbocycles. The van der Waals surface area contributed by atoms with Crippen LogP contribution in [0.1, 0.15) is 12.0 Å². The number of hydrogen-bond acceptors (Lipinski definition) is 2. The molecule has 0 aliphatic heterocycles. The van der Waals surface area contributed by atoms with Gasteiger partial charge in [0.15, 0.2) is 0 Å². The molecule has 2 heteroatoms. The van der Waals surface area contributed by atoms with Gasteiger partial charge in [-0.1, -0.05) is 17.7 Å². The Bertz CT molecular complexity index is 288. The van der Waals surface area contributed by atoms with E-state index in [0.717, 1.165) is 5.75 Å². The zero-order chi connectivity index (χ0) is 8.81. The van der Waals surface area contributed by atoms with Gasteiger partial charge in [-0.25, -0.2) is 0 Å². The van der Waals surface area contributed by atoms with Gasteiger partial charge in [0.1, 0.15) is 0 Å². The first kappa shape index (κ1) is 9.15. The minimum Gasteiger partial charge on any atom is -0.198 e. The average Bonchev–Trinajstić information content (AvgIpc) is 2.05. The molecule has 0 spiro atoms. The molecule has 0 heterocycles. The Kier molecular flexibility index (Phi) is 3.69. The number of benzene rings is 1. The van der Waals surface area contributed by atoms with Crippen LogP contribution in [0.4, 0.5) is 0 Å². The first-order chi connectivity index (χ1) is 5.83. The van der Waals surface area contributed by atoms with Crippen LogP contribution in [-0.4, -0.2) is 5.75 Å². The summed E-state index contributed by atoms with van der Waals surface area (Å²) in [5.41, 5.74) is 1.27. The van der Waals surface area contributed by atoms with Crippen molar-refractivity contribution in [2.24, 2.45) is 0 Å². The van der Waals surface area contributed by atoms with Gasteiger partial charge in [-0.15, -0.1) is 11.8 Å². The largest absolute Gasteiger partial charge is 0.198 e. The molecule has 62 valence electrons. The molecule has 0 N–H and O–H groups in total. The fourth-order valence-electron chi connectivity index (χ4n) is 0.920. The standard InChI is InChI=1S/C10H11NS/c1-9-4-2-5-10(8-9)12-7-3-6-11/h2,4-5,8H,3,7H2,1H3. The lowest BCUT2D eigenvalue weighted by atomic mass is 10.2. The Balaban J connectivity index is 2.48. The molecule has 0 fully saturated rings. The minimum absolute atomic E-state index is 0.624. The van der Waals surface area contributed by atoms with E-state index in [4.69, 9.17) is 5.26 Å². The Morgan fingerprint density at radius 3 is 3.00 bits per heavy atom. The van der Waals surface area contributed by atoms with Crippen molar-refractivity contribution in [2.75, 3.05) is 5.75 Å². The summed E-state index contributed by atoms with van der Waals surface area (Å²) >= 11 is 1.74. The first-order valence-electron chi connectivity index (χ1n) is 3.89. The smallest absolute Gasteiger partial charge is 0.0630 e. The van der Waals surface area contributed by atoms with Crippen LogP contribution < -0.4 is 0 Å². The highest BCUT2D eigenvalue weighted by molar-refractivity contribution is 7.99. The van der Waals surface area contributed by atoms with Gasteiger partial charge in [0.25, 0.3) is 0 Å². The number of thioether (sulfide) groups is 1. The molecule has 0 aliphatic rings. The van der Waals surface area contributed by atoms with Crippen molar-refractivity contribution >= 4 is 11.8 Å². The molecule has 0 amide bonds. The van der Waals surface area contributed by atoms with Crippen molar-refractivity contribution in [3.05, 3.63) is 29.8 Å². The van der Waals surface area contributed by atoms with Gasteiger partial charge in [-0.05, 0) is 19.1 Å². The third kappa shape index (κ3) is 2.98. The fraction of sp³-hybridized carbons (Fsp3) is 0.300. The monoisotopic (exact) mass is 177 g/mol. The van der Waals surface area contributed by atoms with Crippen LogP contribution in [0.3, 0.4) is 0 Å². The number of rotatable bonds is 3. The molecule has 1 rings (SSSR count). The van der Waals surface area contributed by atoms with Gasteiger partial charge in [0.05, 0.1) is 6.07 Å². The van der Waals surface area contributed by atoms with E-state index < -0.39 is 0 Å². The SMILES string of the molecule is Cc1cccc(SCCC#N)c1. The molecule has 0 radical (unpaired) electrons. The van der Waals surface area contributed by atoms with E-state index in [0.29, 0.717) is 6.42 Å². The van der Waals surface area contributed by atoms with E-state index in [1.54, 1.807) is 11.8 Å². The quantitative estimate of drug-likeness (QED) is 0.523. The Labute approximate surface area is 77.4 Å². The zero-order valence-electron chi connectivity index (χ0n) is 7.08. The normalized spacial score (nSPS) is 9.33. The predicted molar refractivity (Wildman–Crippen MR) is 52.1 cm³/mol. The van der Waals surface area contributed by atoms with E-state index >= 15 is 0 Å². The summed E-state index contributed by atoms with van der Waals surface area (Å²) in [7, 11) is 0. The molecule has 0 unspecified atom stereocenters. The second kappa shape index (κ2) is 4.84. The maximum atomic E-state index is 8.34. The summed E-state index contributed by atoms with van der Waals surface area (Å²) in [4.78, 5) is 1.25. The van der Waals surface area contributed by atoms with Gasteiger partial charge in [0, 0.05) is 17.1 Å². The second-order valence-corrected chi connectivity index (χ2v) is 3.74. The van der Waals surface area contributed by atoms with Crippen molar-refractivity contribution in [1.82, 2.24) is 0 Å². The third-order valence-corrected chi connectivity index (χ3v) is 2.47. The zero-order valence-corrected chi connectivity index (χ0v) is 7.90. The summed E-state index contributed by atoms with van der Waals surface area (Å²) in [5, 5.41) is 8.34. The highest BCUT2D eigenvalue weighted by Crippen LogP contribution is 2.19. The number of hydrogen-bond donors (Lipinski definition) is 0. The van der Waals surface area contributed by atoms with Gasteiger partial charge < -0.3 is 0 Å². The van der Waals surface area contributed by atoms with Gasteiger partial charge >= 0.3 is 0 Å². The summed E-state index contributed by atoms with van der Waals surface area (Å²) in [5.74, 6) is 0.889. The molecule has 1 nitrogen and oxygen atoms in total. The second-order valence-electron chi connectivity index (χ2n) is 2.57. The van der Waals surface area contributed by atoms with Crippen LogP contribution in [0.2, 0.25) is 0 Å². The Morgan fingerprint density at radius 2 is 2.33 bits per heavy atom. The maximum absolute atomic E-state index is 8.34. The summed E-state index contributed by atoms with van der Waals surface area (Å²) in [6.07, 6.45) is 0.624. The van der Waals surface area contributed by atoms with E-state index in [1.165, 1.54) is 10.5 Å². The van der Waals surface area contributed by atoms with Gasteiger partial charge in [-0.3, -0.25) is 0 Å². The van der Waals surface area contributed by atoms with Crippen LogP contribution >= 0.6 is 11.8 Å². The lowest BCUT2D eigenvalue weighted by Gasteiger charge is -1.98. The van der Waals surface area contributed by atoms with E-state index in [-0.39, 0.29) is 0 Å². The third-order valence-electron chi connectivity index (χ3n) is 1.47. The minimum atomic E-state index is 0.624. The predicted octanol–water partition coefficient (Wildman–Crippen LogP) is 3.00. The molecule has 0 aromatic heterocycles. The average molecular weight is 177 g/mol. The highest BCUT2D eigenvalue weighted by atomic mass is 32.2. The van der Waals surface area contributed by atoms with Crippen LogP contribution in [0.15, 0.2) is 29.2 Å². The summed E-state index contributed by atoms with van der Waals surface area (Å²) < 4.78 is 0. The topological polar surface area (TPSA) is 23.8 Å². The first-order valence-corrected chi connectivity index (χ1v) is 4.88. The highest BCUT2D eigenvalue weighted by Gasteiger charge is 1.92. The number of nitrogens with zero attached hydrogens (tertiary/aromatic N) is 1. The van der Waals surface area contributed by atoms with Crippen molar-refractivity contribution < 1.29 is 0 Å². The van der Waals surface area contributed by atoms with Crippen LogP contribution in [0.25, 0.3) is 0 Å². The van der Waals surface area contributed by atoms with Crippen LogP contribution in [0.5, 0.6) is 0 Å². The summed E-state index contributed by atoms with van der Waals surface area (Å²) in [6.45, 7) is 2.08. The molecule has 0 bridgehead atoms. The van der Waals surface area contributed by atoms with E-state index in [1.807, 2.05) is 6.07 Å². The van der Waals surface area contributed by atoms with Gasteiger partial charge in [-0.2, -0.15) is 5.26 Å². The van der Waals surface area contributed by atoms with Crippen molar-refractivity contribution in [2.45, 2.75) is 18.2 Å². The van der Waals surface area contributed by atoms with Crippen LogP contribution in [0, 0.1) is 18.3 Å².